The lowest BCUT2D eigenvalue weighted by Gasteiger charge is -2.20. The molecule has 0 amide bonds. The first-order chi connectivity index (χ1) is 6.53. The molecule has 0 aliphatic carbocycles. The van der Waals surface area contributed by atoms with Gasteiger partial charge in [-0.15, -0.1) is 11.3 Å². The summed E-state index contributed by atoms with van der Waals surface area (Å²) in [4.78, 5) is 5.78. The topological polar surface area (TPSA) is 24.9 Å². The van der Waals surface area contributed by atoms with Gasteiger partial charge in [0, 0.05) is 17.0 Å². The van der Waals surface area contributed by atoms with Crippen molar-refractivity contribution in [3.05, 3.63) is 16.1 Å². The van der Waals surface area contributed by atoms with Gasteiger partial charge in [-0.05, 0) is 27.2 Å². The normalized spacial score (nSPS) is 12.0. The Hall–Kier alpha value is -0.410. The van der Waals surface area contributed by atoms with Crippen LogP contribution in [0.3, 0.4) is 0 Å². The molecule has 2 nitrogen and oxygen atoms in total. The maximum atomic E-state index is 4.39. The molecule has 1 aromatic rings. The highest BCUT2D eigenvalue weighted by Crippen LogP contribution is 2.15. The summed E-state index contributed by atoms with van der Waals surface area (Å²) >= 11 is 1.76. The van der Waals surface area contributed by atoms with Crippen LogP contribution in [0.5, 0.6) is 0 Å². The molecule has 80 valence electrons. The largest absolute Gasteiger partial charge is 0.307 e. The van der Waals surface area contributed by atoms with Gasteiger partial charge < -0.3 is 5.32 Å². The Bertz CT molecular complexity index is 273. The fourth-order valence-electron chi connectivity index (χ4n) is 1.22. The maximum Gasteiger partial charge on any atom is 0.0798 e. The molecular formula is C11H20N2S. The summed E-state index contributed by atoms with van der Waals surface area (Å²) in [6.45, 7) is 9.71. The van der Waals surface area contributed by atoms with Crippen molar-refractivity contribution in [3.8, 4) is 0 Å². The Morgan fingerprint density at radius 1 is 1.43 bits per heavy atom. The Morgan fingerprint density at radius 3 is 2.71 bits per heavy atom. The minimum Gasteiger partial charge on any atom is -0.307 e. The van der Waals surface area contributed by atoms with E-state index in [1.165, 1.54) is 17.0 Å². The lowest BCUT2D eigenvalue weighted by atomic mass is 10.1. The summed E-state index contributed by atoms with van der Waals surface area (Å²) in [5, 5.41) is 3.49. The molecule has 0 aliphatic rings. The molecule has 0 aromatic carbocycles. The van der Waals surface area contributed by atoms with Crippen LogP contribution in [0.25, 0.3) is 0 Å². The molecule has 1 aromatic heterocycles. The van der Waals surface area contributed by atoms with E-state index in [2.05, 4.69) is 38.0 Å². The lowest BCUT2D eigenvalue weighted by molar-refractivity contribution is 0.425. The molecule has 1 N–H and O–H groups in total. The number of nitrogens with zero attached hydrogens (tertiary/aromatic N) is 1. The molecule has 0 saturated heterocycles. The van der Waals surface area contributed by atoms with E-state index < -0.39 is 0 Å². The fraction of sp³-hybridized carbons (Fsp3) is 0.727. The number of rotatable bonds is 4. The van der Waals surface area contributed by atoms with Crippen molar-refractivity contribution in [3.63, 3.8) is 0 Å². The highest BCUT2D eigenvalue weighted by molar-refractivity contribution is 7.09. The van der Waals surface area contributed by atoms with Crippen LogP contribution < -0.4 is 5.32 Å². The zero-order valence-electron chi connectivity index (χ0n) is 9.55. The first-order valence-electron chi connectivity index (χ1n) is 5.19. The van der Waals surface area contributed by atoms with Crippen LogP contribution in [0.2, 0.25) is 0 Å². The molecule has 0 bridgehead atoms. The average molecular weight is 212 g/mol. The minimum absolute atomic E-state index is 0.188. The lowest BCUT2D eigenvalue weighted by Crippen LogP contribution is -2.35. The van der Waals surface area contributed by atoms with Crippen LogP contribution in [0.15, 0.2) is 5.51 Å². The monoisotopic (exact) mass is 212 g/mol. The van der Waals surface area contributed by atoms with Crippen molar-refractivity contribution in [1.82, 2.24) is 10.3 Å². The predicted molar refractivity (Wildman–Crippen MR) is 62.7 cm³/mol. The second-order valence-corrected chi connectivity index (χ2v) is 5.52. The van der Waals surface area contributed by atoms with Crippen LogP contribution in [-0.2, 0) is 13.0 Å². The minimum atomic E-state index is 0.188. The Kier molecular flexibility index (Phi) is 4.08. The van der Waals surface area contributed by atoms with Gasteiger partial charge in [-0.3, -0.25) is 0 Å². The third kappa shape index (κ3) is 3.76. The van der Waals surface area contributed by atoms with E-state index >= 15 is 0 Å². The fourth-order valence-corrected chi connectivity index (χ4v) is 1.98. The number of aryl methyl sites for hydroxylation is 1. The molecule has 0 saturated carbocycles. The van der Waals surface area contributed by atoms with Gasteiger partial charge in [0.1, 0.15) is 0 Å². The average Bonchev–Trinajstić information content (AvgIpc) is 2.48. The molecule has 1 rings (SSSR count). The molecule has 0 radical (unpaired) electrons. The van der Waals surface area contributed by atoms with Gasteiger partial charge in [0.2, 0.25) is 0 Å². The number of thiazole rings is 1. The molecule has 1 heterocycles. The van der Waals surface area contributed by atoms with E-state index in [1.54, 1.807) is 11.3 Å². The van der Waals surface area contributed by atoms with Crippen LogP contribution in [0.1, 0.15) is 44.7 Å². The van der Waals surface area contributed by atoms with Crippen LogP contribution >= 0.6 is 11.3 Å². The first-order valence-corrected chi connectivity index (χ1v) is 6.07. The predicted octanol–water partition coefficient (Wildman–Crippen LogP) is 2.98. The van der Waals surface area contributed by atoms with E-state index in [-0.39, 0.29) is 5.54 Å². The molecule has 3 heteroatoms. The smallest absolute Gasteiger partial charge is 0.0798 e. The quantitative estimate of drug-likeness (QED) is 0.830. The third-order valence-corrected chi connectivity index (χ3v) is 2.87. The van der Waals surface area contributed by atoms with Crippen molar-refractivity contribution in [2.45, 2.75) is 52.6 Å². The second-order valence-electron chi connectivity index (χ2n) is 4.58. The number of nitrogens with one attached hydrogen (secondary N) is 1. The number of aromatic nitrogens is 1. The summed E-state index contributed by atoms with van der Waals surface area (Å²) in [5.74, 6) is 0. The van der Waals surface area contributed by atoms with E-state index in [9.17, 15) is 0 Å². The first kappa shape index (κ1) is 11.7. The Balaban J connectivity index is 2.53. The molecule has 0 atom stereocenters. The summed E-state index contributed by atoms with van der Waals surface area (Å²) in [6.07, 6.45) is 2.27. The SMILES string of the molecule is CCCc1ncsc1CNC(C)(C)C. The molecule has 0 aliphatic heterocycles. The molecule has 0 fully saturated rings. The number of hydrogen-bond donors (Lipinski definition) is 1. The van der Waals surface area contributed by atoms with Gasteiger partial charge in [-0.25, -0.2) is 4.98 Å². The zero-order valence-corrected chi connectivity index (χ0v) is 10.4. The van der Waals surface area contributed by atoms with Gasteiger partial charge in [-0.2, -0.15) is 0 Å². The highest BCUT2D eigenvalue weighted by atomic mass is 32.1. The van der Waals surface area contributed by atoms with Crippen molar-refractivity contribution in [1.29, 1.82) is 0 Å². The van der Waals surface area contributed by atoms with Crippen molar-refractivity contribution >= 4 is 11.3 Å². The summed E-state index contributed by atoms with van der Waals surface area (Å²) in [6, 6.07) is 0. The summed E-state index contributed by atoms with van der Waals surface area (Å²) < 4.78 is 0. The van der Waals surface area contributed by atoms with Crippen molar-refractivity contribution in [2.24, 2.45) is 0 Å². The Morgan fingerprint density at radius 2 is 2.14 bits per heavy atom. The molecule has 14 heavy (non-hydrogen) atoms. The Labute approximate surface area is 90.8 Å². The van der Waals surface area contributed by atoms with Gasteiger partial charge in [0.05, 0.1) is 11.2 Å². The van der Waals surface area contributed by atoms with Crippen LogP contribution in [0.4, 0.5) is 0 Å². The van der Waals surface area contributed by atoms with E-state index in [0.717, 1.165) is 13.0 Å². The van der Waals surface area contributed by atoms with Crippen molar-refractivity contribution in [2.75, 3.05) is 0 Å². The second kappa shape index (κ2) is 4.89. The summed E-state index contributed by atoms with van der Waals surface area (Å²) in [5.41, 5.74) is 3.41. The van der Waals surface area contributed by atoms with E-state index in [1.807, 2.05) is 5.51 Å². The van der Waals surface area contributed by atoms with Crippen LogP contribution in [-0.4, -0.2) is 10.5 Å². The maximum absolute atomic E-state index is 4.39. The number of hydrogen-bond acceptors (Lipinski definition) is 3. The van der Waals surface area contributed by atoms with Gasteiger partial charge in [0.15, 0.2) is 0 Å². The van der Waals surface area contributed by atoms with E-state index in [0.29, 0.717) is 0 Å². The van der Waals surface area contributed by atoms with Crippen LogP contribution in [0, 0.1) is 0 Å². The molecule has 0 unspecified atom stereocenters. The van der Waals surface area contributed by atoms with Gasteiger partial charge >= 0.3 is 0 Å². The molecular weight excluding hydrogens is 192 g/mol. The van der Waals surface area contributed by atoms with E-state index in [4.69, 9.17) is 0 Å². The zero-order chi connectivity index (χ0) is 10.6. The highest BCUT2D eigenvalue weighted by Gasteiger charge is 2.11. The standard InChI is InChI=1S/C11H20N2S/c1-5-6-9-10(14-8-12-9)7-13-11(2,3)4/h8,13H,5-7H2,1-4H3. The van der Waals surface area contributed by atoms with Gasteiger partial charge in [-0.1, -0.05) is 13.3 Å². The molecule has 0 spiro atoms. The van der Waals surface area contributed by atoms with Crippen molar-refractivity contribution < 1.29 is 0 Å². The van der Waals surface area contributed by atoms with Gasteiger partial charge in [0.25, 0.3) is 0 Å². The summed E-state index contributed by atoms with van der Waals surface area (Å²) in [7, 11) is 0. The third-order valence-electron chi connectivity index (χ3n) is 1.99.